The van der Waals surface area contributed by atoms with Gasteiger partial charge in [0.15, 0.2) is 5.69 Å². The number of halogens is 1. The summed E-state index contributed by atoms with van der Waals surface area (Å²) >= 11 is 0. The Morgan fingerprint density at radius 3 is 2.76 bits per heavy atom. The second-order valence-electron chi connectivity index (χ2n) is 9.06. The van der Waals surface area contributed by atoms with Crippen LogP contribution < -0.4 is 27.4 Å². The summed E-state index contributed by atoms with van der Waals surface area (Å²) in [5.41, 5.74) is 20.3. The molecule has 2 aromatic heterocycles. The van der Waals surface area contributed by atoms with E-state index in [1.807, 2.05) is 6.07 Å². The summed E-state index contributed by atoms with van der Waals surface area (Å²) in [5.74, 6) is -1.85. The summed E-state index contributed by atoms with van der Waals surface area (Å²) in [6.07, 6.45) is 5.15. The molecule has 0 unspecified atom stereocenters. The van der Waals surface area contributed by atoms with Crippen molar-refractivity contribution < 1.29 is 14.0 Å². The topological polar surface area (TPSA) is 153 Å². The van der Waals surface area contributed by atoms with Crippen LogP contribution >= 0.6 is 0 Å². The number of nitrogen functional groups attached to an aromatic ring is 1. The lowest BCUT2D eigenvalue weighted by molar-refractivity contribution is 0.0997. The van der Waals surface area contributed by atoms with Gasteiger partial charge in [0, 0.05) is 41.8 Å². The third-order valence-electron chi connectivity index (χ3n) is 6.47. The molecule has 10 heteroatoms. The van der Waals surface area contributed by atoms with Crippen molar-refractivity contribution in [2.24, 2.45) is 11.5 Å². The molecule has 0 spiro atoms. The Labute approximate surface area is 212 Å². The summed E-state index contributed by atoms with van der Waals surface area (Å²) in [6.45, 7) is 1.50. The highest BCUT2D eigenvalue weighted by atomic mass is 19.1. The third-order valence-corrected chi connectivity index (χ3v) is 6.47. The second-order valence-corrected chi connectivity index (χ2v) is 9.06. The number of primary amides is 1. The van der Waals surface area contributed by atoms with E-state index in [2.05, 4.69) is 20.2 Å². The van der Waals surface area contributed by atoms with E-state index in [1.54, 1.807) is 36.7 Å². The smallest absolute Gasteiger partial charge is 0.276 e. The zero-order valence-electron chi connectivity index (χ0n) is 19.9. The van der Waals surface area contributed by atoms with E-state index in [9.17, 15) is 14.0 Å². The Bertz CT molecular complexity index is 1520. The Hall–Kier alpha value is -4.57. The summed E-state index contributed by atoms with van der Waals surface area (Å²) < 4.78 is 14.7. The lowest BCUT2D eigenvalue weighted by atomic mass is 9.97. The fraction of sp³-hybridized carbons (Fsp3) is 0.185. The van der Waals surface area contributed by atoms with E-state index in [-0.39, 0.29) is 28.6 Å². The number of aromatic nitrogens is 2. The standard InChI is InChI=1S/C27H26FN7O2/c28-19-5-1-4-18(26(31)36)24(19)16-7-6-15-11-20(30)25(33-21(15)12-16)27(37)34-22-13-32-9-8-23(22)35-10-2-3-17(29)14-35/h1,4-9,11-13,17H,2-3,10,14,29-30H2,(H2,31,36)(H,34,37)/t17-/m0/s1. The molecule has 2 aromatic carbocycles. The van der Waals surface area contributed by atoms with Gasteiger partial charge in [0.2, 0.25) is 5.91 Å². The number of carbonyl (C=O) groups excluding carboxylic acids is 2. The van der Waals surface area contributed by atoms with Crippen molar-refractivity contribution in [3.8, 4) is 11.1 Å². The lowest BCUT2D eigenvalue weighted by Gasteiger charge is -2.33. The van der Waals surface area contributed by atoms with Gasteiger partial charge in [-0.3, -0.25) is 14.6 Å². The largest absolute Gasteiger partial charge is 0.397 e. The number of nitrogens with two attached hydrogens (primary N) is 3. The number of amides is 2. The van der Waals surface area contributed by atoms with Crippen LogP contribution in [-0.2, 0) is 0 Å². The van der Waals surface area contributed by atoms with Gasteiger partial charge < -0.3 is 27.4 Å². The summed E-state index contributed by atoms with van der Waals surface area (Å²) in [6, 6.07) is 12.6. The van der Waals surface area contributed by atoms with Gasteiger partial charge in [-0.15, -0.1) is 0 Å². The SMILES string of the molecule is NC(=O)c1cccc(F)c1-c1ccc2cc(N)c(C(=O)Nc3cnccc3N3CCC[C@H](N)C3)nc2c1. The number of benzene rings is 2. The number of pyridine rings is 2. The first-order valence-corrected chi connectivity index (χ1v) is 11.9. The van der Waals surface area contributed by atoms with Gasteiger partial charge in [0.1, 0.15) is 5.82 Å². The maximum Gasteiger partial charge on any atom is 0.276 e. The van der Waals surface area contributed by atoms with Crippen LogP contribution in [0.15, 0.2) is 60.9 Å². The Kier molecular flexibility index (Phi) is 6.41. The quantitative estimate of drug-likeness (QED) is 0.329. The average molecular weight is 500 g/mol. The van der Waals surface area contributed by atoms with Crippen LogP contribution in [0.3, 0.4) is 0 Å². The molecule has 0 radical (unpaired) electrons. The van der Waals surface area contributed by atoms with Crippen molar-refractivity contribution in [2.75, 3.05) is 29.0 Å². The zero-order valence-corrected chi connectivity index (χ0v) is 19.9. The van der Waals surface area contributed by atoms with E-state index >= 15 is 0 Å². The highest BCUT2D eigenvalue weighted by Crippen LogP contribution is 2.31. The maximum atomic E-state index is 14.7. The van der Waals surface area contributed by atoms with Gasteiger partial charge >= 0.3 is 0 Å². The van der Waals surface area contributed by atoms with E-state index in [1.165, 1.54) is 18.2 Å². The Morgan fingerprint density at radius 1 is 1.14 bits per heavy atom. The van der Waals surface area contributed by atoms with Gasteiger partial charge in [-0.05, 0) is 48.7 Å². The van der Waals surface area contributed by atoms with E-state index < -0.39 is 17.6 Å². The summed E-state index contributed by atoms with van der Waals surface area (Å²) in [4.78, 5) is 35.9. The molecule has 0 bridgehead atoms. The Morgan fingerprint density at radius 2 is 1.97 bits per heavy atom. The van der Waals surface area contributed by atoms with Crippen LogP contribution in [0.1, 0.15) is 33.7 Å². The molecule has 4 aromatic rings. The molecule has 0 saturated carbocycles. The molecule has 3 heterocycles. The molecule has 2 amide bonds. The van der Waals surface area contributed by atoms with Gasteiger partial charge in [-0.2, -0.15) is 0 Å². The van der Waals surface area contributed by atoms with Crippen molar-refractivity contribution in [2.45, 2.75) is 18.9 Å². The maximum absolute atomic E-state index is 14.7. The minimum absolute atomic E-state index is 0.0125. The first-order chi connectivity index (χ1) is 17.8. The second kappa shape index (κ2) is 9.82. The number of nitrogens with zero attached hydrogens (tertiary/aromatic N) is 3. The number of hydrogen-bond acceptors (Lipinski definition) is 7. The first-order valence-electron chi connectivity index (χ1n) is 11.9. The predicted octanol–water partition coefficient (Wildman–Crippen LogP) is 3.30. The third kappa shape index (κ3) is 4.78. The fourth-order valence-corrected chi connectivity index (χ4v) is 4.71. The molecule has 1 aliphatic heterocycles. The normalized spacial score (nSPS) is 15.5. The molecule has 1 fully saturated rings. The number of carbonyl (C=O) groups is 2. The highest BCUT2D eigenvalue weighted by Gasteiger charge is 2.22. The molecule has 9 nitrogen and oxygen atoms in total. The number of piperidine rings is 1. The van der Waals surface area contributed by atoms with Crippen molar-refractivity contribution in [1.82, 2.24) is 9.97 Å². The predicted molar refractivity (Wildman–Crippen MR) is 142 cm³/mol. The summed E-state index contributed by atoms with van der Waals surface area (Å²) in [7, 11) is 0. The van der Waals surface area contributed by atoms with Crippen LogP contribution in [0, 0.1) is 5.82 Å². The van der Waals surface area contributed by atoms with Crippen LogP contribution in [0.2, 0.25) is 0 Å². The van der Waals surface area contributed by atoms with Crippen molar-refractivity contribution in [3.05, 3.63) is 78.0 Å². The molecular formula is C27H26FN7O2. The molecule has 1 atom stereocenters. The molecule has 1 aliphatic rings. The molecule has 1 saturated heterocycles. The first kappa shape index (κ1) is 24.1. The molecule has 7 N–H and O–H groups in total. The zero-order chi connectivity index (χ0) is 26.1. The number of fused-ring (bicyclic) bond motifs is 1. The number of anilines is 3. The van der Waals surface area contributed by atoms with Crippen molar-refractivity contribution >= 4 is 39.8 Å². The minimum Gasteiger partial charge on any atom is -0.397 e. The van der Waals surface area contributed by atoms with Crippen LogP contribution in [-0.4, -0.2) is 40.9 Å². The van der Waals surface area contributed by atoms with Crippen molar-refractivity contribution in [3.63, 3.8) is 0 Å². The molecule has 5 rings (SSSR count). The van der Waals surface area contributed by atoms with Crippen molar-refractivity contribution in [1.29, 1.82) is 0 Å². The van der Waals surface area contributed by atoms with E-state index in [4.69, 9.17) is 17.2 Å². The van der Waals surface area contributed by atoms with E-state index in [0.29, 0.717) is 28.7 Å². The number of rotatable bonds is 5. The van der Waals surface area contributed by atoms with E-state index in [0.717, 1.165) is 25.1 Å². The Balaban J connectivity index is 1.50. The lowest BCUT2D eigenvalue weighted by Crippen LogP contribution is -2.43. The molecule has 0 aliphatic carbocycles. The fourth-order valence-electron chi connectivity index (χ4n) is 4.71. The van der Waals surface area contributed by atoms with Gasteiger partial charge in [0.05, 0.1) is 28.8 Å². The van der Waals surface area contributed by atoms with Crippen LogP contribution in [0.4, 0.5) is 21.5 Å². The summed E-state index contributed by atoms with van der Waals surface area (Å²) in [5, 5.41) is 3.53. The van der Waals surface area contributed by atoms with Gasteiger partial charge in [-0.1, -0.05) is 18.2 Å². The molecular weight excluding hydrogens is 473 g/mol. The molecule has 37 heavy (non-hydrogen) atoms. The minimum atomic E-state index is -0.748. The highest BCUT2D eigenvalue weighted by molar-refractivity contribution is 6.09. The number of hydrogen-bond donors (Lipinski definition) is 4. The molecule has 188 valence electrons. The number of nitrogens with one attached hydrogen (secondary N) is 1. The van der Waals surface area contributed by atoms with Gasteiger partial charge in [0.25, 0.3) is 5.91 Å². The monoisotopic (exact) mass is 499 g/mol. The van der Waals surface area contributed by atoms with Crippen LogP contribution in [0.5, 0.6) is 0 Å². The van der Waals surface area contributed by atoms with Crippen LogP contribution in [0.25, 0.3) is 22.0 Å². The van der Waals surface area contributed by atoms with Gasteiger partial charge in [-0.25, -0.2) is 9.37 Å². The average Bonchev–Trinajstić information content (AvgIpc) is 2.88.